The van der Waals surface area contributed by atoms with Crippen LogP contribution in [-0.2, 0) is 30.4 Å². The van der Waals surface area contributed by atoms with Gasteiger partial charge in [-0.05, 0) is 24.3 Å². The normalized spacial score (nSPS) is 13.5. The molecule has 11 nitrogen and oxygen atoms in total. The van der Waals surface area contributed by atoms with Gasteiger partial charge in [-0.2, -0.15) is 0 Å². The minimum Gasteiger partial charge on any atom is -0.481 e. The highest BCUT2D eigenvalue weighted by molar-refractivity contribution is 5.94. The highest BCUT2D eigenvalue weighted by Crippen LogP contribution is 2.08. The molecule has 0 aliphatic rings. The molecule has 1 aromatic rings. The van der Waals surface area contributed by atoms with Gasteiger partial charge >= 0.3 is 11.9 Å². The number of carboxylic acids is 2. The second-order valence-electron chi connectivity index (χ2n) is 8.09. The minimum atomic E-state index is -1.30. The zero-order valence-corrected chi connectivity index (χ0v) is 18.7. The summed E-state index contributed by atoms with van der Waals surface area (Å²) in [5.74, 6) is -4.41. The Balaban J connectivity index is 3.02. The summed E-state index contributed by atoms with van der Waals surface area (Å²) in [5.41, 5.74) is 6.67. The van der Waals surface area contributed by atoms with Crippen LogP contribution < -0.4 is 21.7 Å². The lowest BCUT2D eigenvalue weighted by Gasteiger charge is -2.24. The first-order valence-corrected chi connectivity index (χ1v) is 10.6. The van der Waals surface area contributed by atoms with Crippen molar-refractivity contribution in [2.24, 2.45) is 11.7 Å². The number of aliphatic carboxylic acids is 2. The maximum Gasteiger partial charge on any atom is 0.322 e. The van der Waals surface area contributed by atoms with Crippen LogP contribution in [0.25, 0.3) is 0 Å². The van der Waals surface area contributed by atoms with Gasteiger partial charge in [0.25, 0.3) is 0 Å². The van der Waals surface area contributed by atoms with Crippen molar-refractivity contribution in [3.63, 3.8) is 0 Å². The topological polar surface area (TPSA) is 188 Å². The molecule has 1 aromatic carbocycles. The predicted octanol–water partition coefficient (Wildman–Crippen LogP) is -0.362. The van der Waals surface area contributed by atoms with Gasteiger partial charge in [-0.1, -0.05) is 44.2 Å². The Morgan fingerprint density at radius 2 is 1.48 bits per heavy atom. The SMILES string of the molecule is CC(C)CC(N)C(=O)NC(Cc1ccccc1)C(=O)NC(CCC(=O)O)C(=O)NCC(=O)O. The smallest absolute Gasteiger partial charge is 0.322 e. The molecule has 0 saturated heterocycles. The molecule has 0 spiro atoms. The van der Waals surface area contributed by atoms with Crippen molar-refractivity contribution in [3.05, 3.63) is 35.9 Å². The van der Waals surface area contributed by atoms with Crippen molar-refractivity contribution >= 4 is 29.7 Å². The number of amides is 3. The monoisotopic (exact) mass is 464 g/mol. The molecule has 1 rings (SSSR count). The molecule has 11 heteroatoms. The first-order chi connectivity index (χ1) is 15.5. The van der Waals surface area contributed by atoms with Crippen molar-refractivity contribution < 1.29 is 34.2 Å². The minimum absolute atomic E-state index is 0.106. The van der Waals surface area contributed by atoms with Gasteiger partial charge in [0.1, 0.15) is 18.6 Å². The zero-order chi connectivity index (χ0) is 25.0. The van der Waals surface area contributed by atoms with Crippen LogP contribution in [0.2, 0.25) is 0 Å². The number of hydrogen-bond acceptors (Lipinski definition) is 6. The van der Waals surface area contributed by atoms with Crippen LogP contribution in [0.1, 0.15) is 38.7 Å². The summed E-state index contributed by atoms with van der Waals surface area (Å²) < 4.78 is 0. The lowest BCUT2D eigenvalue weighted by molar-refractivity contribution is -0.140. The van der Waals surface area contributed by atoms with E-state index in [-0.39, 0.29) is 18.8 Å². The van der Waals surface area contributed by atoms with Crippen molar-refractivity contribution in [3.8, 4) is 0 Å². The molecule has 7 N–H and O–H groups in total. The van der Waals surface area contributed by atoms with Crippen molar-refractivity contribution in [1.29, 1.82) is 0 Å². The zero-order valence-electron chi connectivity index (χ0n) is 18.7. The van der Waals surface area contributed by atoms with Gasteiger partial charge in [-0.15, -0.1) is 0 Å². The highest BCUT2D eigenvalue weighted by atomic mass is 16.4. The van der Waals surface area contributed by atoms with Gasteiger partial charge in [0.15, 0.2) is 0 Å². The second-order valence-corrected chi connectivity index (χ2v) is 8.09. The summed E-state index contributed by atoms with van der Waals surface area (Å²) in [4.78, 5) is 59.6. The Kier molecular flexibility index (Phi) is 11.6. The summed E-state index contributed by atoms with van der Waals surface area (Å²) in [6.45, 7) is 3.13. The quantitative estimate of drug-likeness (QED) is 0.215. The Hall–Kier alpha value is -3.47. The van der Waals surface area contributed by atoms with E-state index >= 15 is 0 Å². The fraction of sp³-hybridized carbons (Fsp3) is 0.500. The van der Waals surface area contributed by atoms with E-state index in [4.69, 9.17) is 15.9 Å². The highest BCUT2D eigenvalue weighted by Gasteiger charge is 2.29. The van der Waals surface area contributed by atoms with E-state index in [1.807, 2.05) is 13.8 Å². The van der Waals surface area contributed by atoms with E-state index < -0.39 is 60.8 Å². The van der Waals surface area contributed by atoms with E-state index in [1.54, 1.807) is 30.3 Å². The number of nitrogens with one attached hydrogen (secondary N) is 3. The van der Waals surface area contributed by atoms with E-state index in [0.717, 1.165) is 5.56 Å². The number of hydrogen-bond donors (Lipinski definition) is 6. The third-order valence-electron chi connectivity index (χ3n) is 4.67. The van der Waals surface area contributed by atoms with Gasteiger partial charge < -0.3 is 31.9 Å². The summed E-state index contributed by atoms with van der Waals surface area (Å²) in [6.07, 6.45) is -0.175. The fourth-order valence-corrected chi connectivity index (χ4v) is 3.05. The first kappa shape index (κ1) is 27.6. The van der Waals surface area contributed by atoms with Gasteiger partial charge in [-0.25, -0.2) is 0 Å². The standard InChI is InChI=1S/C22H32N4O7/c1-13(2)10-15(23)20(31)26-17(11-14-6-4-3-5-7-14)22(33)25-16(8-9-18(27)28)21(32)24-12-19(29)30/h3-7,13,15-17H,8-12,23H2,1-2H3,(H,24,32)(H,25,33)(H,26,31)(H,27,28)(H,29,30). The molecule has 0 aliphatic carbocycles. The van der Waals surface area contributed by atoms with E-state index in [2.05, 4.69) is 16.0 Å². The molecule has 0 saturated carbocycles. The van der Waals surface area contributed by atoms with Crippen LogP contribution in [0.15, 0.2) is 30.3 Å². The van der Waals surface area contributed by atoms with Gasteiger partial charge in [0, 0.05) is 12.8 Å². The maximum absolute atomic E-state index is 13.0. The average Bonchev–Trinajstić information content (AvgIpc) is 2.74. The lowest BCUT2D eigenvalue weighted by atomic mass is 10.0. The largest absolute Gasteiger partial charge is 0.481 e. The molecular formula is C22H32N4O7. The molecule has 3 amide bonds. The molecule has 33 heavy (non-hydrogen) atoms. The van der Waals surface area contributed by atoms with E-state index in [9.17, 15) is 24.0 Å². The van der Waals surface area contributed by atoms with Gasteiger partial charge in [-0.3, -0.25) is 24.0 Å². The van der Waals surface area contributed by atoms with Crippen LogP contribution in [0.3, 0.4) is 0 Å². The summed E-state index contributed by atoms with van der Waals surface area (Å²) >= 11 is 0. The lowest BCUT2D eigenvalue weighted by Crippen LogP contribution is -2.56. The number of carbonyl (C=O) groups excluding carboxylic acids is 3. The summed E-state index contributed by atoms with van der Waals surface area (Å²) in [5, 5.41) is 24.9. The van der Waals surface area contributed by atoms with E-state index in [0.29, 0.717) is 6.42 Å². The van der Waals surface area contributed by atoms with Gasteiger partial charge in [0.2, 0.25) is 17.7 Å². The molecular weight excluding hydrogens is 432 g/mol. The van der Waals surface area contributed by atoms with Crippen LogP contribution in [0.4, 0.5) is 0 Å². The third kappa shape index (κ3) is 11.1. The van der Waals surface area contributed by atoms with Crippen molar-refractivity contribution in [2.75, 3.05) is 6.54 Å². The van der Waals surface area contributed by atoms with Crippen molar-refractivity contribution in [1.82, 2.24) is 16.0 Å². The Labute approximate surface area is 192 Å². The number of carboxylic acid groups (broad SMARTS) is 2. The molecule has 0 bridgehead atoms. The van der Waals surface area contributed by atoms with Crippen LogP contribution in [0.5, 0.6) is 0 Å². The van der Waals surface area contributed by atoms with E-state index in [1.165, 1.54) is 0 Å². The Bertz CT molecular complexity index is 829. The molecule has 182 valence electrons. The van der Waals surface area contributed by atoms with Crippen LogP contribution in [0, 0.1) is 5.92 Å². The Morgan fingerprint density at radius 1 is 0.879 bits per heavy atom. The number of benzene rings is 1. The average molecular weight is 465 g/mol. The van der Waals surface area contributed by atoms with Gasteiger partial charge in [0.05, 0.1) is 6.04 Å². The number of nitrogens with two attached hydrogens (primary N) is 1. The molecule has 0 heterocycles. The molecule has 3 atom stereocenters. The molecule has 0 aliphatic heterocycles. The maximum atomic E-state index is 13.0. The third-order valence-corrected chi connectivity index (χ3v) is 4.67. The summed E-state index contributed by atoms with van der Waals surface area (Å²) in [7, 11) is 0. The van der Waals surface area contributed by atoms with Crippen molar-refractivity contribution in [2.45, 2.75) is 57.7 Å². The van der Waals surface area contributed by atoms with Crippen LogP contribution >= 0.6 is 0 Å². The molecule has 0 fully saturated rings. The fourth-order valence-electron chi connectivity index (χ4n) is 3.05. The number of carbonyl (C=O) groups is 5. The first-order valence-electron chi connectivity index (χ1n) is 10.6. The molecule has 0 aromatic heterocycles. The molecule has 0 radical (unpaired) electrons. The molecule has 3 unspecified atom stereocenters. The predicted molar refractivity (Wildman–Crippen MR) is 119 cm³/mol. The second kappa shape index (κ2) is 13.8. The summed E-state index contributed by atoms with van der Waals surface area (Å²) in [6, 6.07) is 5.65. The Morgan fingerprint density at radius 3 is 2.03 bits per heavy atom. The number of rotatable bonds is 14. The van der Waals surface area contributed by atoms with Crippen LogP contribution in [-0.4, -0.2) is 64.5 Å².